The molecule has 0 fully saturated rings. The number of thiazole rings is 1. The first kappa shape index (κ1) is 20.6. The van der Waals surface area contributed by atoms with Crippen molar-refractivity contribution in [1.82, 2.24) is 4.98 Å². The summed E-state index contributed by atoms with van der Waals surface area (Å²) in [5.41, 5.74) is 2.42. The lowest BCUT2D eigenvalue weighted by molar-refractivity contribution is -0.117. The number of hydrogen-bond donors (Lipinski definition) is 0. The molecule has 2 aromatic carbocycles. The van der Waals surface area contributed by atoms with Crippen LogP contribution in [0.3, 0.4) is 0 Å². The van der Waals surface area contributed by atoms with Crippen molar-refractivity contribution in [1.29, 1.82) is 0 Å². The molecule has 0 aliphatic carbocycles. The van der Waals surface area contributed by atoms with Crippen molar-refractivity contribution in [3.63, 3.8) is 0 Å². The highest BCUT2D eigenvalue weighted by molar-refractivity contribution is 7.16. The van der Waals surface area contributed by atoms with E-state index in [9.17, 15) is 4.79 Å². The van der Waals surface area contributed by atoms with Gasteiger partial charge in [-0.3, -0.25) is 9.69 Å². The summed E-state index contributed by atoms with van der Waals surface area (Å²) in [6.45, 7) is 3.89. The van der Waals surface area contributed by atoms with E-state index in [2.05, 4.69) is 6.92 Å². The molecule has 0 bridgehead atoms. The minimum Gasteiger partial charge on any atom is -0.497 e. The Hall–Kier alpha value is -2.08. The second-order valence-electron chi connectivity index (χ2n) is 6.03. The molecule has 3 aromatic rings. The van der Waals surface area contributed by atoms with Crippen LogP contribution in [0.1, 0.15) is 25.1 Å². The number of rotatable bonds is 6. The van der Waals surface area contributed by atoms with Crippen molar-refractivity contribution in [3.8, 4) is 17.0 Å². The zero-order valence-electron chi connectivity index (χ0n) is 15.8. The van der Waals surface area contributed by atoms with E-state index in [-0.39, 0.29) is 5.91 Å². The Morgan fingerprint density at radius 1 is 1.14 bits per heavy atom. The number of hydrogen-bond acceptors (Lipinski definition) is 4. The quantitative estimate of drug-likeness (QED) is 0.430. The minimum atomic E-state index is -0.0816. The summed E-state index contributed by atoms with van der Waals surface area (Å²) in [5, 5.41) is 1.53. The number of amides is 1. The summed E-state index contributed by atoms with van der Waals surface area (Å²) >= 11 is 13.9. The normalized spacial score (nSPS) is 10.8. The average molecular weight is 435 g/mol. The molecule has 1 aromatic heterocycles. The number of benzene rings is 2. The molecule has 0 spiro atoms. The van der Waals surface area contributed by atoms with Gasteiger partial charge in [0.1, 0.15) is 5.75 Å². The number of carbonyl (C=O) groups excluding carboxylic acids is 1. The smallest absolute Gasteiger partial charge is 0.233 e. The third-order valence-electron chi connectivity index (χ3n) is 4.26. The Balaban J connectivity index is 2.10. The Bertz CT molecular complexity index is 987. The van der Waals surface area contributed by atoms with E-state index < -0.39 is 0 Å². The summed E-state index contributed by atoms with van der Waals surface area (Å²) in [6.07, 6.45) is 1.14. The summed E-state index contributed by atoms with van der Waals surface area (Å²) < 4.78 is 5.24. The van der Waals surface area contributed by atoms with E-state index in [0.717, 1.165) is 28.3 Å². The van der Waals surface area contributed by atoms with Gasteiger partial charge in [0, 0.05) is 21.9 Å². The maximum atomic E-state index is 12.8. The van der Waals surface area contributed by atoms with E-state index in [4.69, 9.17) is 32.9 Å². The number of halogens is 2. The van der Waals surface area contributed by atoms with Crippen molar-refractivity contribution >= 4 is 51.3 Å². The summed E-state index contributed by atoms with van der Waals surface area (Å²) in [7, 11) is 1.64. The Labute approximate surface area is 178 Å². The standard InChI is InChI=1S/C21H20Cl2N2O2S/c1-4-18-20(13-6-9-15(27-3)10-7-13)24-21(28-18)25(19(26)5-2)17-11-8-14(22)12-16(17)23/h6-12H,4-5H2,1-3H3. The Morgan fingerprint density at radius 2 is 1.86 bits per heavy atom. The molecule has 0 aliphatic heterocycles. The molecule has 0 radical (unpaired) electrons. The molecule has 7 heteroatoms. The lowest BCUT2D eigenvalue weighted by atomic mass is 10.1. The van der Waals surface area contributed by atoms with Gasteiger partial charge in [0.2, 0.25) is 5.91 Å². The van der Waals surface area contributed by atoms with Gasteiger partial charge in [0.15, 0.2) is 5.13 Å². The maximum Gasteiger partial charge on any atom is 0.233 e. The van der Waals surface area contributed by atoms with Crippen LogP contribution in [0.2, 0.25) is 10.0 Å². The summed E-state index contributed by atoms with van der Waals surface area (Å²) in [5.74, 6) is 0.704. The highest BCUT2D eigenvalue weighted by atomic mass is 35.5. The van der Waals surface area contributed by atoms with Crippen LogP contribution in [-0.2, 0) is 11.2 Å². The first-order valence-electron chi connectivity index (χ1n) is 8.90. The topological polar surface area (TPSA) is 42.4 Å². The van der Waals surface area contributed by atoms with Gasteiger partial charge in [-0.25, -0.2) is 4.98 Å². The van der Waals surface area contributed by atoms with Crippen LogP contribution in [0.15, 0.2) is 42.5 Å². The third-order valence-corrected chi connectivity index (χ3v) is 5.99. The lowest BCUT2D eigenvalue weighted by Gasteiger charge is -2.20. The molecule has 4 nitrogen and oxygen atoms in total. The largest absolute Gasteiger partial charge is 0.497 e. The predicted molar refractivity (Wildman–Crippen MR) is 117 cm³/mol. The van der Waals surface area contributed by atoms with Crippen LogP contribution in [0.5, 0.6) is 5.75 Å². The van der Waals surface area contributed by atoms with E-state index in [0.29, 0.717) is 27.3 Å². The van der Waals surface area contributed by atoms with Gasteiger partial charge in [-0.2, -0.15) is 0 Å². The second-order valence-corrected chi connectivity index (χ2v) is 7.93. The molecular formula is C21H20Cl2N2O2S. The fourth-order valence-corrected chi connectivity index (χ4v) is 4.36. The van der Waals surface area contributed by atoms with Crippen LogP contribution in [0, 0.1) is 0 Å². The highest BCUT2D eigenvalue weighted by Gasteiger charge is 2.24. The molecule has 1 heterocycles. The number of methoxy groups -OCH3 is 1. The van der Waals surface area contributed by atoms with Gasteiger partial charge in [0.05, 0.1) is 23.5 Å². The molecule has 28 heavy (non-hydrogen) atoms. The third kappa shape index (κ3) is 4.17. The fourth-order valence-electron chi connectivity index (χ4n) is 2.81. The number of anilines is 2. The van der Waals surface area contributed by atoms with Crippen molar-refractivity contribution in [2.75, 3.05) is 12.0 Å². The number of aromatic nitrogens is 1. The summed E-state index contributed by atoms with van der Waals surface area (Å²) in [4.78, 5) is 20.2. The first-order chi connectivity index (χ1) is 13.5. The molecule has 146 valence electrons. The highest BCUT2D eigenvalue weighted by Crippen LogP contribution is 2.40. The Kier molecular flexibility index (Phi) is 6.60. The van der Waals surface area contributed by atoms with E-state index in [1.165, 1.54) is 11.3 Å². The second kappa shape index (κ2) is 8.95. The molecule has 1 amide bonds. The van der Waals surface area contributed by atoms with Crippen molar-refractivity contribution < 1.29 is 9.53 Å². The number of ether oxygens (including phenoxy) is 1. The average Bonchev–Trinajstić information content (AvgIpc) is 3.13. The van der Waals surface area contributed by atoms with Crippen molar-refractivity contribution in [2.24, 2.45) is 0 Å². The number of carbonyl (C=O) groups is 1. The van der Waals surface area contributed by atoms with Crippen LogP contribution >= 0.6 is 34.5 Å². The van der Waals surface area contributed by atoms with E-state index in [1.54, 1.807) is 30.2 Å². The SMILES string of the molecule is CCC(=O)N(c1nc(-c2ccc(OC)cc2)c(CC)s1)c1ccc(Cl)cc1Cl. The van der Waals surface area contributed by atoms with E-state index >= 15 is 0 Å². The summed E-state index contributed by atoms with van der Waals surface area (Å²) in [6, 6.07) is 12.8. The fraction of sp³-hybridized carbons (Fsp3) is 0.238. The van der Waals surface area contributed by atoms with Crippen molar-refractivity contribution in [2.45, 2.75) is 26.7 Å². The van der Waals surface area contributed by atoms with Gasteiger partial charge < -0.3 is 4.74 Å². The van der Waals surface area contributed by atoms with Gasteiger partial charge in [0.25, 0.3) is 0 Å². The molecular weight excluding hydrogens is 415 g/mol. The number of nitrogens with zero attached hydrogens (tertiary/aromatic N) is 2. The van der Waals surface area contributed by atoms with Gasteiger partial charge in [-0.15, -0.1) is 11.3 Å². The lowest BCUT2D eigenvalue weighted by Crippen LogP contribution is -2.25. The molecule has 0 atom stereocenters. The van der Waals surface area contributed by atoms with Crippen molar-refractivity contribution in [3.05, 3.63) is 57.4 Å². The van der Waals surface area contributed by atoms with Crippen LogP contribution in [-0.4, -0.2) is 18.0 Å². The van der Waals surface area contributed by atoms with E-state index in [1.807, 2.05) is 31.2 Å². The molecule has 0 N–H and O–H groups in total. The maximum absolute atomic E-state index is 12.8. The molecule has 0 aliphatic rings. The molecule has 0 unspecified atom stereocenters. The Morgan fingerprint density at radius 3 is 2.43 bits per heavy atom. The van der Waals surface area contributed by atoms with Crippen LogP contribution in [0.4, 0.5) is 10.8 Å². The minimum absolute atomic E-state index is 0.0816. The van der Waals surface area contributed by atoms with Crippen LogP contribution in [0.25, 0.3) is 11.3 Å². The predicted octanol–water partition coefficient (Wildman–Crippen LogP) is 6.76. The molecule has 0 saturated carbocycles. The zero-order valence-corrected chi connectivity index (χ0v) is 18.2. The molecule has 3 rings (SSSR count). The monoisotopic (exact) mass is 434 g/mol. The van der Waals surface area contributed by atoms with Gasteiger partial charge >= 0.3 is 0 Å². The number of aryl methyl sites for hydroxylation is 1. The van der Waals surface area contributed by atoms with Gasteiger partial charge in [-0.1, -0.05) is 37.0 Å². The zero-order chi connectivity index (χ0) is 20.3. The first-order valence-corrected chi connectivity index (χ1v) is 10.5. The molecule has 0 saturated heterocycles. The van der Waals surface area contributed by atoms with Crippen LogP contribution < -0.4 is 9.64 Å². The van der Waals surface area contributed by atoms with Gasteiger partial charge in [-0.05, 0) is 48.9 Å².